The van der Waals surface area contributed by atoms with Gasteiger partial charge >= 0.3 is 0 Å². The number of nitrogens with zero attached hydrogens (tertiary/aromatic N) is 1. The molecule has 2 heterocycles. The lowest BCUT2D eigenvalue weighted by atomic mass is 9.78. The van der Waals surface area contributed by atoms with Crippen LogP contribution in [0.2, 0.25) is 0 Å². The minimum Gasteiger partial charge on any atom is -0.389 e. The average molecular weight is 221 g/mol. The number of piperidine rings is 1. The minimum absolute atomic E-state index is 0.260. The molecule has 1 saturated heterocycles. The van der Waals surface area contributed by atoms with Gasteiger partial charge in [0, 0.05) is 19.2 Å². The van der Waals surface area contributed by atoms with Crippen LogP contribution in [0.1, 0.15) is 18.9 Å². The summed E-state index contributed by atoms with van der Waals surface area (Å²) in [5.74, 6) is 0.776. The van der Waals surface area contributed by atoms with Crippen LogP contribution in [0.5, 0.6) is 0 Å². The highest BCUT2D eigenvalue weighted by Crippen LogP contribution is 2.28. The Morgan fingerprint density at radius 2 is 2.50 bits per heavy atom. The molecule has 1 fully saturated rings. The van der Waals surface area contributed by atoms with E-state index in [2.05, 4.69) is 17.2 Å². The van der Waals surface area contributed by atoms with E-state index in [1.165, 1.54) is 0 Å². The van der Waals surface area contributed by atoms with Crippen molar-refractivity contribution in [3.05, 3.63) is 23.9 Å². The lowest BCUT2D eigenvalue weighted by Crippen LogP contribution is -2.50. The number of pyridine rings is 1. The Bertz CT molecular complexity index is 369. The fourth-order valence-corrected chi connectivity index (χ4v) is 2.28. The molecule has 4 heteroatoms. The first kappa shape index (κ1) is 11.4. The van der Waals surface area contributed by atoms with Crippen molar-refractivity contribution in [2.24, 2.45) is 5.92 Å². The van der Waals surface area contributed by atoms with E-state index in [1.807, 2.05) is 12.1 Å². The van der Waals surface area contributed by atoms with Gasteiger partial charge in [-0.25, -0.2) is 4.98 Å². The molecule has 2 unspecified atom stereocenters. The van der Waals surface area contributed by atoms with Gasteiger partial charge in [0.2, 0.25) is 0 Å². The summed E-state index contributed by atoms with van der Waals surface area (Å²) in [6.45, 7) is 3.83. The molecule has 4 N–H and O–H groups in total. The van der Waals surface area contributed by atoms with E-state index in [0.29, 0.717) is 12.2 Å². The summed E-state index contributed by atoms with van der Waals surface area (Å²) >= 11 is 0. The number of aromatic nitrogens is 1. The van der Waals surface area contributed by atoms with Gasteiger partial charge in [0.1, 0.15) is 5.82 Å². The number of nitrogen functional groups attached to an aromatic ring is 1. The van der Waals surface area contributed by atoms with E-state index in [-0.39, 0.29) is 5.92 Å². The molecule has 0 radical (unpaired) electrons. The highest BCUT2D eigenvalue weighted by Gasteiger charge is 2.35. The number of hydrogen-bond donors (Lipinski definition) is 3. The molecule has 16 heavy (non-hydrogen) atoms. The first-order valence-corrected chi connectivity index (χ1v) is 5.74. The second-order valence-electron chi connectivity index (χ2n) is 4.72. The van der Waals surface area contributed by atoms with Crippen LogP contribution >= 0.6 is 0 Å². The molecular formula is C12H19N3O. The van der Waals surface area contributed by atoms with Gasteiger partial charge in [0.25, 0.3) is 0 Å². The molecule has 0 amide bonds. The minimum atomic E-state index is -0.612. The van der Waals surface area contributed by atoms with Crippen LogP contribution in [0.4, 0.5) is 5.82 Å². The number of nitrogens with one attached hydrogen (secondary N) is 1. The second-order valence-corrected chi connectivity index (χ2v) is 4.72. The van der Waals surface area contributed by atoms with Crippen LogP contribution in [-0.2, 0) is 6.42 Å². The third kappa shape index (κ3) is 2.33. The number of anilines is 1. The van der Waals surface area contributed by atoms with E-state index in [9.17, 15) is 5.11 Å². The maximum Gasteiger partial charge on any atom is 0.123 e. The van der Waals surface area contributed by atoms with Crippen molar-refractivity contribution in [2.75, 3.05) is 18.8 Å². The zero-order valence-electron chi connectivity index (χ0n) is 9.61. The van der Waals surface area contributed by atoms with Gasteiger partial charge in [-0.1, -0.05) is 6.92 Å². The van der Waals surface area contributed by atoms with Crippen LogP contribution in [0.25, 0.3) is 0 Å². The molecule has 0 aliphatic carbocycles. The SMILES string of the molecule is CC1CNCCC1(O)Cc1ccnc(N)c1. The summed E-state index contributed by atoms with van der Waals surface area (Å²) in [7, 11) is 0. The monoisotopic (exact) mass is 221 g/mol. The number of nitrogens with two attached hydrogens (primary N) is 1. The number of hydrogen-bond acceptors (Lipinski definition) is 4. The highest BCUT2D eigenvalue weighted by molar-refractivity contribution is 5.32. The standard InChI is InChI=1S/C12H19N3O/c1-9-8-14-5-3-12(9,16)7-10-2-4-15-11(13)6-10/h2,4,6,9,14,16H,3,5,7-8H2,1H3,(H2,13,15). The number of rotatable bonds is 2. The molecule has 2 rings (SSSR count). The van der Waals surface area contributed by atoms with E-state index < -0.39 is 5.60 Å². The van der Waals surface area contributed by atoms with Crippen molar-refractivity contribution in [2.45, 2.75) is 25.4 Å². The lowest BCUT2D eigenvalue weighted by molar-refractivity contribution is -0.0329. The zero-order chi connectivity index (χ0) is 11.6. The van der Waals surface area contributed by atoms with Gasteiger partial charge in [-0.15, -0.1) is 0 Å². The Labute approximate surface area is 95.9 Å². The predicted octanol–water partition coefficient (Wildman–Crippen LogP) is 0.567. The molecular weight excluding hydrogens is 202 g/mol. The average Bonchev–Trinajstić information content (AvgIpc) is 2.23. The Hall–Kier alpha value is -1.13. The third-order valence-corrected chi connectivity index (χ3v) is 3.46. The summed E-state index contributed by atoms with van der Waals surface area (Å²) in [6, 6.07) is 3.76. The van der Waals surface area contributed by atoms with Crippen molar-refractivity contribution in [3.8, 4) is 0 Å². The maximum atomic E-state index is 10.6. The van der Waals surface area contributed by atoms with Crippen LogP contribution in [0.3, 0.4) is 0 Å². The van der Waals surface area contributed by atoms with Gasteiger partial charge in [0.15, 0.2) is 0 Å². The van der Waals surface area contributed by atoms with Crippen molar-refractivity contribution < 1.29 is 5.11 Å². The molecule has 1 aliphatic rings. The quantitative estimate of drug-likeness (QED) is 0.682. The van der Waals surface area contributed by atoms with Crippen LogP contribution in [-0.4, -0.2) is 28.8 Å². The normalized spacial score (nSPS) is 30.2. The molecule has 88 valence electrons. The van der Waals surface area contributed by atoms with Gasteiger partial charge in [-0.2, -0.15) is 0 Å². The first-order chi connectivity index (χ1) is 7.60. The van der Waals surface area contributed by atoms with E-state index >= 15 is 0 Å². The van der Waals surface area contributed by atoms with E-state index in [4.69, 9.17) is 5.73 Å². The van der Waals surface area contributed by atoms with Crippen molar-refractivity contribution in [1.29, 1.82) is 0 Å². The molecule has 0 saturated carbocycles. The molecule has 1 aliphatic heterocycles. The van der Waals surface area contributed by atoms with Crippen LogP contribution in [0.15, 0.2) is 18.3 Å². The lowest BCUT2D eigenvalue weighted by Gasteiger charge is -2.38. The van der Waals surface area contributed by atoms with Crippen molar-refractivity contribution >= 4 is 5.82 Å². The van der Waals surface area contributed by atoms with Gasteiger partial charge in [-0.05, 0) is 36.6 Å². The maximum absolute atomic E-state index is 10.6. The van der Waals surface area contributed by atoms with Gasteiger partial charge in [0.05, 0.1) is 5.60 Å². The second kappa shape index (κ2) is 4.39. The molecule has 1 aromatic rings. The fraction of sp³-hybridized carbons (Fsp3) is 0.583. The highest BCUT2D eigenvalue weighted by atomic mass is 16.3. The summed E-state index contributed by atoms with van der Waals surface area (Å²) in [5, 5.41) is 13.9. The fourth-order valence-electron chi connectivity index (χ4n) is 2.28. The Kier molecular flexibility index (Phi) is 3.12. The largest absolute Gasteiger partial charge is 0.389 e. The summed E-state index contributed by atoms with van der Waals surface area (Å²) in [4.78, 5) is 3.96. The third-order valence-electron chi connectivity index (χ3n) is 3.46. The molecule has 4 nitrogen and oxygen atoms in total. The summed E-state index contributed by atoms with van der Waals surface area (Å²) < 4.78 is 0. The van der Waals surface area contributed by atoms with Gasteiger partial charge < -0.3 is 16.2 Å². The van der Waals surface area contributed by atoms with Crippen molar-refractivity contribution in [3.63, 3.8) is 0 Å². The Morgan fingerprint density at radius 3 is 3.19 bits per heavy atom. The first-order valence-electron chi connectivity index (χ1n) is 5.74. The summed E-state index contributed by atoms with van der Waals surface area (Å²) in [6.07, 6.45) is 3.14. The molecule has 0 spiro atoms. The summed E-state index contributed by atoms with van der Waals surface area (Å²) in [5.41, 5.74) is 6.08. The van der Waals surface area contributed by atoms with Crippen LogP contribution in [0, 0.1) is 5.92 Å². The Balaban J connectivity index is 2.13. The molecule has 0 aromatic carbocycles. The zero-order valence-corrected chi connectivity index (χ0v) is 9.61. The predicted molar refractivity (Wildman–Crippen MR) is 64.0 cm³/mol. The smallest absolute Gasteiger partial charge is 0.123 e. The topological polar surface area (TPSA) is 71.2 Å². The molecule has 1 aromatic heterocycles. The Morgan fingerprint density at radius 1 is 1.69 bits per heavy atom. The van der Waals surface area contributed by atoms with Crippen molar-refractivity contribution in [1.82, 2.24) is 10.3 Å². The van der Waals surface area contributed by atoms with Gasteiger partial charge in [-0.3, -0.25) is 0 Å². The van der Waals surface area contributed by atoms with Crippen LogP contribution < -0.4 is 11.1 Å². The van der Waals surface area contributed by atoms with E-state index in [0.717, 1.165) is 25.1 Å². The molecule has 0 bridgehead atoms. The molecule has 2 atom stereocenters. The van der Waals surface area contributed by atoms with E-state index in [1.54, 1.807) is 6.20 Å². The number of aliphatic hydroxyl groups is 1.